The summed E-state index contributed by atoms with van der Waals surface area (Å²) in [5, 5.41) is 0. The lowest BCUT2D eigenvalue weighted by atomic mass is 9.93. The number of amides is 1. The molecule has 1 heterocycles. The molecule has 112 valence electrons. The molecule has 0 bridgehead atoms. The average Bonchev–Trinajstić information content (AvgIpc) is 2.67. The van der Waals surface area contributed by atoms with Crippen LogP contribution in [-0.4, -0.2) is 10.5 Å². The summed E-state index contributed by atoms with van der Waals surface area (Å²) in [6.07, 6.45) is 0. The number of carbonyl (C=O) groups excluding carboxylic acids is 1. The fourth-order valence-corrected chi connectivity index (χ4v) is 3.73. The molecule has 1 aromatic heterocycles. The number of benzene rings is 1. The molecule has 0 aliphatic heterocycles. The molecule has 0 fully saturated rings. The number of carbonyl (C=O) groups is 1. The average molecular weight is 367 g/mol. The summed E-state index contributed by atoms with van der Waals surface area (Å²) < 4.78 is 2.76. The first-order chi connectivity index (χ1) is 9.71. The van der Waals surface area contributed by atoms with E-state index in [1.807, 2.05) is 29.8 Å². The monoisotopic (exact) mass is 366 g/mol. The zero-order valence-electron chi connectivity index (χ0n) is 12.9. The molecule has 2 rings (SSSR count). The van der Waals surface area contributed by atoms with Gasteiger partial charge in [0.1, 0.15) is 0 Å². The first kappa shape index (κ1) is 16.2. The van der Waals surface area contributed by atoms with Gasteiger partial charge in [-0.1, -0.05) is 32.9 Å². The van der Waals surface area contributed by atoms with E-state index in [1.165, 1.54) is 4.88 Å². The normalized spacial score (nSPS) is 12.8. The fourth-order valence-electron chi connectivity index (χ4n) is 2.10. The van der Waals surface area contributed by atoms with Gasteiger partial charge in [-0.15, -0.1) is 11.3 Å². The molecule has 0 aliphatic rings. The van der Waals surface area contributed by atoms with Gasteiger partial charge in [0.05, 0.1) is 5.56 Å². The van der Waals surface area contributed by atoms with Crippen LogP contribution in [0.4, 0.5) is 0 Å². The first-order valence-corrected chi connectivity index (χ1v) is 8.33. The predicted molar refractivity (Wildman–Crippen MR) is 90.8 cm³/mol. The largest absolute Gasteiger partial charge is 0.324 e. The third-order valence-electron chi connectivity index (χ3n) is 3.29. The summed E-state index contributed by atoms with van der Waals surface area (Å²) in [7, 11) is 1.95. The highest BCUT2D eigenvalue weighted by Gasteiger charge is 2.21. The molecule has 0 saturated carbocycles. The van der Waals surface area contributed by atoms with Gasteiger partial charge in [0, 0.05) is 22.1 Å². The van der Waals surface area contributed by atoms with E-state index < -0.39 is 0 Å². The Hall–Kier alpha value is -1.20. The topological polar surface area (TPSA) is 34.4 Å². The summed E-state index contributed by atoms with van der Waals surface area (Å²) >= 11 is 4.98. The lowest BCUT2D eigenvalue weighted by molar-refractivity contribution is 0.0997. The van der Waals surface area contributed by atoms with E-state index in [0.29, 0.717) is 5.56 Å². The molecule has 3 nitrogen and oxygen atoms in total. The van der Waals surface area contributed by atoms with Crippen molar-refractivity contribution in [3.8, 4) is 0 Å². The van der Waals surface area contributed by atoms with Crippen LogP contribution in [0.5, 0.6) is 0 Å². The lowest BCUT2D eigenvalue weighted by Gasteiger charge is -2.17. The highest BCUT2D eigenvalue weighted by Crippen LogP contribution is 2.27. The third kappa shape index (κ3) is 3.35. The molecule has 0 atom stereocenters. The van der Waals surface area contributed by atoms with Crippen LogP contribution in [0, 0.1) is 6.92 Å². The van der Waals surface area contributed by atoms with Crippen LogP contribution in [-0.2, 0) is 12.5 Å². The Morgan fingerprint density at radius 3 is 2.43 bits per heavy atom. The Balaban J connectivity index is 2.53. The molecule has 0 N–H and O–H groups in total. The first-order valence-electron chi connectivity index (χ1n) is 6.72. The third-order valence-corrected chi connectivity index (χ3v) is 5.65. The molecule has 1 amide bonds. The van der Waals surface area contributed by atoms with E-state index >= 15 is 0 Å². The van der Waals surface area contributed by atoms with Crippen molar-refractivity contribution in [3.05, 3.63) is 49.7 Å². The molecule has 0 aliphatic carbocycles. The van der Waals surface area contributed by atoms with Gasteiger partial charge < -0.3 is 4.57 Å². The van der Waals surface area contributed by atoms with Gasteiger partial charge in [-0.25, -0.2) is 0 Å². The maximum Gasteiger partial charge on any atom is 0.280 e. The Morgan fingerprint density at radius 2 is 1.90 bits per heavy atom. The van der Waals surface area contributed by atoms with Crippen molar-refractivity contribution in [1.82, 2.24) is 4.57 Å². The van der Waals surface area contributed by atoms with Crippen molar-refractivity contribution in [1.29, 1.82) is 0 Å². The summed E-state index contributed by atoms with van der Waals surface area (Å²) in [5.41, 5.74) is 1.79. The number of aromatic nitrogens is 1. The van der Waals surface area contributed by atoms with Crippen molar-refractivity contribution in [2.45, 2.75) is 33.1 Å². The summed E-state index contributed by atoms with van der Waals surface area (Å²) in [5.74, 6) is -0.222. The van der Waals surface area contributed by atoms with Gasteiger partial charge in [0.25, 0.3) is 5.91 Å². The van der Waals surface area contributed by atoms with E-state index in [1.54, 1.807) is 17.4 Å². The molecule has 0 radical (unpaired) electrons. The lowest BCUT2D eigenvalue weighted by Crippen LogP contribution is -2.15. The van der Waals surface area contributed by atoms with E-state index in [0.717, 1.165) is 15.0 Å². The van der Waals surface area contributed by atoms with Crippen LogP contribution in [0.2, 0.25) is 0 Å². The number of hydrogen-bond acceptors (Lipinski definition) is 2. The van der Waals surface area contributed by atoms with Crippen LogP contribution >= 0.6 is 27.3 Å². The van der Waals surface area contributed by atoms with Gasteiger partial charge >= 0.3 is 0 Å². The number of nitrogens with zero attached hydrogens (tertiary/aromatic N) is 2. The SMILES string of the molecule is Cc1c(C(C)(C)C)s/c(=N\C(=O)c2ccccc2Br)n1C. The smallest absolute Gasteiger partial charge is 0.280 e. The minimum Gasteiger partial charge on any atom is -0.324 e. The van der Waals surface area contributed by atoms with E-state index in [-0.39, 0.29) is 11.3 Å². The van der Waals surface area contributed by atoms with Crippen LogP contribution < -0.4 is 4.80 Å². The van der Waals surface area contributed by atoms with E-state index in [2.05, 4.69) is 48.6 Å². The van der Waals surface area contributed by atoms with Crippen LogP contribution in [0.1, 0.15) is 41.7 Å². The van der Waals surface area contributed by atoms with Gasteiger partial charge in [-0.2, -0.15) is 4.99 Å². The zero-order valence-corrected chi connectivity index (χ0v) is 15.3. The second kappa shape index (κ2) is 5.89. The van der Waals surface area contributed by atoms with Gasteiger partial charge in [-0.05, 0) is 40.4 Å². The highest BCUT2D eigenvalue weighted by molar-refractivity contribution is 9.10. The number of rotatable bonds is 1. The maximum atomic E-state index is 12.4. The minimum atomic E-state index is -0.222. The molecular formula is C16H19BrN2OS. The van der Waals surface area contributed by atoms with Crippen molar-refractivity contribution in [3.63, 3.8) is 0 Å². The number of thiazole rings is 1. The number of hydrogen-bond donors (Lipinski definition) is 0. The Morgan fingerprint density at radius 1 is 1.29 bits per heavy atom. The second-order valence-electron chi connectivity index (χ2n) is 6.00. The van der Waals surface area contributed by atoms with Crippen molar-refractivity contribution >= 4 is 33.2 Å². The predicted octanol–water partition coefficient (Wildman–Crippen LogP) is 4.20. The van der Waals surface area contributed by atoms with E-state index in [9.17, 15) is 4.79 Å². The molecular weight excluding hydrogens is 348 g/mol. The summed E-state index contributed by atoms with van der Waals surface area (Å²) in [6.45, 7) is 8.58. The second-order valence-corrected chi connectivity index (χ2v) is 7.84. The van der Waals surface area contributed by atoms with Gasteiger partial charge in [0.2, 0.25) is 0 Å². The van der Waals surface area contributed by atoms with Crippen LogP contribution in [0.15, 0.2) is 33.7 Å². The zero-order chi connectivity index (χ0) is 15.8. The summed E-state index contributed by atoms with van der Waals surface area (Å²) in [4.78, 5) is 18.6. The minimum absolute atomic E-state index is 0.0522. The number of halogens is 1. The molecule has 21 heavy (non-hydrogen) atoms. The molecule has 0 spiro atoms. The standard InChI is InChI=1S/C16H19BrN2OS/c1-10-13(16(2,3)4)21-15(19(10)5)18-14(20)11-8-6-7-9-12(11)17/h6-9H,1-5H3/b18-15-. The highest BCUT2D eigenvalue weighted by atomic mass is 79.9. The van der Waals surface area contributed by atoms with Crippen molar-refractivity contribution in [2.24, 2.45) is 12.0 Å². The van der Waals surface area contributed by atoms with Crippen LogP contribution in [0.3, 0.4) is 0 Å². The maximum absolute atomic E-state index is 12.4. The summed E-state index contributed by atoms with van der Waals surface area (Å²) in [6, 6.07) is 7.35. The molecule has 0 unspecified atom stereocenters. The van der Waals surface area contributed by atoms with Crippen molar-refractivity contribution in [2.75, 3.05) is 0 Å². The van der Waals surface area contributed by atoms with E-state index in [4.69, 9.17) is 0 Å². The Kier molecular flexibility index (Phi) is 4.54. The van der Waals surface area contributed by atoms with Gasteiger partial charge in [0.15, 0.2) is 4.80 Å². The van der Waals surface area contributed by atoms with Crippen molar-refractivity contribution < 1.29 is 4.79 Å². The van der Waals surface area contributed by atoms with Crippen LogP contribution in [0.25, 0.3) is 0 Å². The molecule has 2 aromatic rings. The quantitative estimate of drug-likeness (QED) is 0.744. The van der Waals surface area contributed by atoms with Gasteiger partial charge in [-0.3, -0.25) is 4.79 Å². The molecule has 5 heteroatoms. The Labute approximate surface area is 137 Å². The molecule has 1 aromatic carbocycles. The molecule has 0 saturated heterocycles. The Bertz CT molecular complexity index is 750. The fraction of sp³-hybridized carbons (Fsp3) is 0.375.